The molecule has 0 bridgehead atoms. The highest BCUT2D eigenvalue weighted by Gasteiger charge is 2.10. The van der Waals surface area contributed by atoms with Crippen LogP contribution in [0.4, 0.5) is 5.69 Å². The number of carbonyl (C=O) groups excluding carboxylic acids is 1. The summed E-state index contributed by atoms with van der Waals surface area (Å²) in [6.45, 7) is 6.25. The number of benzene rings is 2. The van der Waals surface area contributed by atoms with Crippen molar-refractivity contribution in [2.75, 3.05) is 12.4 Å². The number of anilines is 1. The monoisotopic (exact) mass is 309 g/mol. The van der Waals surface area contributed by atoms with E-state index in [0.29, 0.717) is 5.92 Å². The topological polar surface area (TPSA) is 38.3 Å². The van der Waals surface area contributed by atoms with Crippen LogP contribution in [0.2, 0.25) is 0 Å². The minimum atomic E-state index is -0.128. The van der Waals surface area contributed by atoms with Crippen molar-refractivity contribution in [3.05, 3.63) is 65.2 Å². The number of carbonyl (C=O) groups is 1. The molecule has 0 heterocycles. The average Bonchev–Trinajstić information content (AvgIpc) is 2.55. The molecular formula is C20H23NO2. The highest BCUT2D eigenvalue weighted by atomic mass is 16.5. The summed E-state index contributed by atoms with van der Waals surface area (Å²) in [7, 11) is 1.63. The van der Waals surface area contributed by atoms with Gasteiger partial charge in [-0.1, -0.05) is 44.2 Å². The molecule has 0 unspecified atom stereocenters. The van der Waals surface area contributed by atoms with Gasteiger partial charge in [-0.2, -0.15) is 0 Å². The summed E-state index contributed by atoms with van der Waals surface area (Å²) >= 11 is 0. The molecule has 2 aromatic carbocycles. The molecule has 120 valence electrons. The molecule has 3 nitrogen and oxygen atoms in total. The summed E-state index contributed by atoms with van der Waals surface area (Å²) in [6.07, 6.45) is 3.35. The Balaban J connectivity index is 2.11. The molecular weight excluding hydrogens is 286 g/mol. The van der Waals surface area contributed by atoms with E-state index in [0.717, 1.165) is 28.1 Å². The molecule has 0 radical (unpaired) electrons. The van der Waals surface area contributed by atoms with Crippen molar-refractivity contribution in [2.24, 2.45) is 0 Å². The molecule has 0 saturated carbocycles. The molecule has 0 atom stereocenters. The summed E-state index contributed by atoms with van der Waals surface area (Å²) in [5.41, 5.74) is 4.08. The lowest BCUT2D eigenvalue weighted by Gasteiger charge is -2.15. The van der Waals surface area contributed by atoms with E-state index in [-0.39, 0.29) is 5.91 Å². The second kappa shape index (κ2) is 7.63. The minimum Gasteiger partial charge on any atom is -0.497 e. The van der Waals surface area contributed by atoms with Crippen molar-refractivity contribution in [1.82, 2.24) is 0 Å². The summed E-state index contributed by atoms with van der Waals surface area (Å²) < 4.78 is 5.12. The van der Waals surface area contributed by atoms with Gasteiger partial charge in [0.15, 0.2) is 0 Å². The third-order valence-electron chi connectivity index (χ3n) is 3.72. The largest absolute Gasteiger partial charge is 0.497 e. The van der Waals surface area contributed by atoms with E-state index in [1.807, 2.05) is 43.3 Å². The fourth-order valence-electron chi connectivity index (χ4n) is 2.39. The van der Waals surface area contributed by atoms with Crippen LogP contribution in [0.15, 0.2) is 48.5 Å². The van der Waals surface area contributed by atoms with Crippen molar-refractivity contribution < 1.29 is 9.53 Å². The van der Waals surface area contributed by atoms with Gasteiger partial charge in [0.2, 0.25) is 5.91 Å². The molecule has 0 aliphatic carbocycles. The Hall–Kier alpha value is -2.55. The first-order valence-electron chi connectivity index (χ1n) is 7.74. The lowest BCUT2D eigenvalue weighted by Crippen LogP contribution is -2.11. The van der Waals surface area contributed by atoms with Crippen molar-refractivity contribution >= 4 is 17.7 Å². The van der Waals surface area contributed by atoms with Gasteiger partial charge in [0, 0.05) is 11.8 Å². The van der Waals surface area contributed by atoms with E-state index in [1.54, 1.807) is 19.3 Å². The molecule has 2 rings (SSSR count). The predicted octanol–water partition coefficient (Wildman–Crippen LogP) is 4.78. The Morgan fingerprint density at radius 3 is 2.43 bits per heavy atom. The molecule has 0 aromatic heterocycles. The van der Waals surface area contributed by atoms with Gasteiger partial charge in [0.25, 0.3) is 0 Å². The van der Waals surface area contributed by atoms with E-state index in [4.69, 9.17) is 4.74 Å². The molecule has 0 fully saturated rings. The maximum absolute atomic E-state index is 12.2. The van der Waals surface area contributed by atoms with Crippen LogP contribution in [0.25, 0.3) is 6.08 Å². The normalized spacial score (nSPS) is 11.0. The third-order valence-corrected chi connectivity index (χ3v) is 3.72. The Kier molecular flexibility index (Phi) is 5.58. The summed E-state index contributed by atoms with van der Waals surface area (Å²) in [5, 5.41) is 3.00. The van der Waals surface area contributed by atoms with Crippen LogP contribution < -0.4 is 10.1 Å². The molecule has 0 saturated heterocycles. The zero-order valence-electron chi connectivity index (χ0n) is 14.1. The van der Waals surface area contributed by atoms with E-state index >= 15 is 0 Å². The predicted molar refractivity (Wildman–Crippen MR) is 95.9 cm³/mol. The zero-order chi connectivity index (χ0) is 16.8. The van der Waals surface area contributed by atoms with E-state index in [2.05, 4.69) is 25.2 Å². The number of para-hydroxylation sites is 1. The number of aryl methyl sites for hydroxylation is 1. The minimum absolute atomic E-state index is 0.128. The number of hydrogen-bond acceptors (Lipinski definition) is 2. The number of ether oxygens (including phenoxy) is 1. The van der Waals surface area contributed by atoms with Crippen LogP contribution in [-0.2, 0) is 4.79 Å². The maximum Gasteiger partial charge on any atom is 0.248 e. The fraction of sp³-hybridized carbons (Fsp3) is 0.250. The van der Waals surface area contributed by atoms with Crippen molar-refractivity contribution in [2.45, 2.75) is 26.7 Å². The third kappa shape index (κ3) is 4.46. The number of amides is 1. The first kappa shape index (κ1) is 16.8. The maximum atomic E-state index is 12.2. The first-order valence-corrected chi connectivity index (χ1v) is 7.74. The second-order valence-corrected chi connectivity index (χ2v) is 5.79. The quantitative estimate of drug-likeness (QED) is 0.807. The van der Waals surface area contributed by atoms with Gasteiger partial charge in [0.1, 0.15) is 5.75 Å². The van der Waals surface area contributed by atoms with Crippen molar-refractivity contribution in [3.8, 4) is 5.75 Å². The van der Waals surface area contributed by atoms with Crippen molar-refractivity contribution in [3.63, 3.8) is 0 Å². The Morgan fingerprint density at radius 1 is 1.13 bits per heavy atom. The Bertz CT molecular complexity index is 700. The van der Waals surface area contributed by atoms with Gasteiger partial charge in [0.05, 0.1) is 7.11 Å². The molecule has 2 aromatic rings. The molecule has 0 aliphatic rings. The van der Waals surface area contributed by atoms with Gasteiger partial charge in [-0.3, -0.25) is 4.79 Å². The van der Waals surface area contributed by atoms with Gasteiger partial charge in [-0.15, -0.1) is 0 Å². The standard InChI is InChI=1S/C20H23NO2/c1-14(2)18-7-5-6-15(3)20(18)21-19(22)13-10-16-8-11-17(23-4)12-9-16/h5-14H,1-4H3,(H,21,22). The van der Waals surface area contributed by atoms with Crippen LogP contribution in [0.5, 0.6) is 5.75 Å². The molecule has 23 heavy (non-hydrogen) atoms. The number of rotatable bonds is 5. The summed E-state index contributed by atoms with van der Waals surface area (Å²) in [5.74, 6) is 1.03. The highest BCUT2D eigenvalue weighted by Crippen LogP contribution is 2.27. The van der Waals surface area contributed by atoms with Crippen LogP contribution in [0.1, 0.15) is 36.5 Å². The lowest BCUT2D eigenvalue weighted by molar-refractivity contribution is -0.111. The number of nitrogens with one attached hydrogen (secondary N) is 1. The lowest BCUT2D eigenvalue weighted by atomic mass is 9.98. The SMILES string of the molecule is COc1ccc(C=CC(=O)Nc2c(C)cccc2C(C)C)cc1. The Morgan fingerprint density at radius 2 is 1.83 bits per heavy atom. The molecule has 1 amide bonds. The van der Waals surface area contributed by atoms with Crippen LogP contribution in [-0.4, -0.2) is 13.0 Å². The number of hydrogen-bond donors (Lipinski definition) is 1. The van der Waals surface area contributed by atoms with E-state index < -0.39 is 0 Å². The highest BCUT2D eigenvalue weighted by molar-refractivity contribution is 6.02. The molecule has 1 N–H and O–H groups in total. The van der Waals surface area contributed by atoms with Gasteiger partial charge in [-0.05, 0) is 47.7 Å². The molecule has 3 heteroatoms. The molecule has 0 spiro atoms. The number of methoxy groups -OCH3 is 1. The fourth-order valence-corrected chi connectivity index (χ4v) is 2.39. The summed E-state index contributed by atoms with van der Waals surface area (Å²) in [4.78, 5) is 12.2. The second-order valence-electron chi connectivity index (χ2n) is 5.79. The molecule has 0 aliphatic heterocycles. The summed E-state index contributed by atoms with van der Waals surface area (Å²) in [6, 6.07) is 13.7. The first-order chi connectivity index (χ1) is 11.0. The van der Waals surface area contributed by atoms with Gasteiger partial charge in [-0.25, -0.2) is 0 Å². The average molecular weight is 309 g/mol. The van der Waals surface area contributed by atoms with Crippen LogP contribution >= 0.6 is 0 Å². The van der Waals surface area contributed by atoms with Gasteiger partial charge >= 0.3 is 0 Å². The van der Waals surface area contributed by atoms with Gasteiger partial charge < -0.3 is 10.1 Å². The van der Waals surface area contributed by atoms with Crippen LogP contribution in [0.3, 0.4) is 0 Å². The smallest absolute Gasteiger partial charge is 0.248 e. The zero-order valence-corrected chi connectivity index (χ0v) is 14.1. The van der Waals surface area contributed by atoms with E-state index in [1.165, 1.54) is 0 Å². The Labute approximate surface area is 138 Å². The van der Waals surface area contributed by atoms with Crippen molar-refractivity contribution in [1.29, 1.82) is 0 Å². The van der Waals surface area contributed by atoms with Crippen LogP contribution in [0, 0.1) is 6.92 Å². The van der Waals surface area contributed by atoms with E-state index in [9.17, 15) is 4.79 Å².